The van der Waals surface area contributed by atoms with Gasteiger partial charge in [-0.3, -0.25) is 9.69 Å². The number of methoxy groups -OCH3 is 2. The van der Waals surface area contributed by atoms with Crippen molar-refractivity contribution in [3.8, 4) is 11.5 Å². The van der Waals surface area contributed by atoms with Gasteiger partial charge in [0.25, 0.3) is 5.91 Å². The molecule has 8 heteroatoms. The van der Waals surface area contributed by atoms with Crippen molar-refractivity contribution in [2.75, 3.05) is 19.1 Å². The van der Waals surface area contributed by atoms with Crippen LogP contribution in [0.2, 0.25) is 0 Å². The van der Waals surface area contributed by atoms with Crippen molar-refractivity contribution in [2.24, 2.45) is 0 Å². The number of thioether (sulfide) groups is 1. The number of anilines is 1. The molecule has 0 atom stereocenters. The topological polar surface area (TPSA) is 76.1 Å². The second kappa shape index (κ2) is 7.81. The van der Waals surface area contributed by atoms with Gasteiger partial charge in [0.15, 0.2) is 15.8 Å². The maximum absolute atomic E-state index is 12.9. The SMILES string of the molecule is COc1cccc(/C=C2\SC(=S)N(c3cccc(C(=O)O)c3)C2=O)c1OC. The van der Waals surface area contributed by atoms with Crippen molar-refractivity contribution in [2.45, 2.75) is 0 Å². The molecule has 0 unspecified atom stereocenters. The third-order valence-electron chi connectivity index (χ3n) is 3.87. The number of amides is 1. The number of rotatable bonds is 5. The van der Waals surface area contributed by atoms with E-state index in [1.54, 1.807) is 36.4 Å². The minimum Gasteiger partial charge on any atom is -0.493 e. The lowest BCUT2D eigenvalue weighted by Gasteiger charge is -2.15. The third kappa shape index (κ3) is 3.67. The van der Waals surface area contributed by atoms with Crippen molar-refractivity contribution < 1.29 is 24.2 Å². The van der Waals surface area contributed by atoms with Crippen molar-refractivity contribution >= 4 is 51.9 Å². The highest BCUT2D eigenvalue weighted by atomic mass is 32.2. The van der Waals surface area contributed by atoms with E-state index in [-0.39, 0.29) is 11.5 Å². The summed E-state index contributed by atoms with van der Waals surface area (Å²) in [7, 11) is 3.06. The maximum atomic E-state index is 12.9. The Morgan fingerprint density at radius 1 is 1.19 bits per heavy atom. The van der Waals surface area contributed by atoms with Crippen LogP contribution < -0.4 is 14.4 Å². The molecule has 0 bridgehead atoms. The maximum Gasteiger partial charge on any atom is 0.335 e. The second-order valence-corrected chi connectivity index (χ2v) is 7.13. The van der Waals surface area contributed by atoms with E-state index < -0.39 is 5.97 Å². The van der Waals surface area contributed by atoms with E-state index in [4.69, 9.17) is 26.8 Å². The molecule has 3 rings (SSSR count). The number of hydrogen-bond donors (Lipinski definition) is 1. The van der Waals surface area contributed by atoms with Crippen LogP contribution in [0.15, 0.2) is 47.4 Å². The summed E-state index contributed by atoms with van der Waals surface area (Å²) < 4.78 is 11.0. The Morgan fingerprint density at radius 3 is 2.59 bits per heavy atom. The van der Waals surface area contributed by atoms with Gasteiger partial charge in [0.2, 0.25) is 0 Å². The van der Waals surface area contributed by atoms with Gasteiger partial charge >= 0.3 is 5.97 Å². The molecule has 0 aromatic heterocycles. The summed E-state index contributed by atoms with van der Waals surface area (Å²) in [6, 6.07) is 11.5. The largest absolute Gasteiger partial charge is 0.493 e. The van der Waals surface area contributed by atoms with Gasteiger partial charge in [-0.2, -0.15) is 0 Å². The van der Waals surface area contributed by atoms with E-state index in [0.29, 0.717) is 32.0 Å². The number of thiocarbonyl (C=S) groups is 1. The Balaban J connectivity index is 1.99. The van der Waals surface area contributed by atoms with E-state index in [2.05, 4.69) is 0 Å². The van der Waals surface area contributed by atoms with Crippen LogP contribution in [0, 0.1) is 0 Å². The Morgan fingerprint density at radius 2 is 1.93 bits per heavy atom. The van der Waals surface area contributed by atoms with Gasteiger partial charge in [0, 0.05) is 5.56 Å². The standard InChI is InChI=1S/C19H15NO5S2/c1-24-14-8-4-5-11(16(14)25-2)10-15-17(21)20(19(26)27-15)13-7-3-6-12(9-13)18(22)23/h3-10H,1-2H3,(H,22,23)/b15-10-. The van der Waals surface area contributed by atoms with Gasteiger partial charge in [-0.25, -0.2) is 4.79 Å². The first kappa shape index (κ1) is 18.9. The van der Waals surface area contributed by atoms with Gasteiger partial charge in [-0.1, -0.05) is 42.2 Å². The smallest absolute Gasteiger partial charge is 0.335 e. The highest BCUT2D eigenvalue weighted by molar-refractivity contribution is 8.27. The zero-order valence-corrected chi connectivity index (χ0v) is 16.1. The number of ether oxygens (including phenoxy) is 2. The molecule has 1 fully saturated rings. The van der Waals surface area contributed by atoms with E-state index in [1.165, 1.54) is 31.3 Å². The first-order valence-electron chi connectivity index (χ1n) is 7.78. The first-order chi connectivity index (χ1) is 13.0. The molecular formula is C19H15NO5S2. The quantitative estimate of drug-likeness (QED) is 0.603. The lowest BCUT2D eigenvalue weighted by molar-refractivity contribution is -0.113. The molecule has 0 aliphatic carbocycles. The second-order valence-electron chi connectivity index (χ2n) is 5.46. The molecule has 0 radical (unpaired) electrons. The number of benzene rings is 2. The lowest BCUT2D eigenvalue weighted by atomic mass is 10.1. The third-order valence-corrected chi connectivity index (χ3v) is 5.17. The Hall–Kier alpha value is -2.84. The van der Waals surface area contributed by atoms with E-state index in [1.807, 2.05) is 0 Å². The first-order valence-corrected chi connectivity index (χ1v) is 9.01. The number of aromatic carboxylic acids is 1. The van der Waals surface area contributed by atoms with Crippen LogP contribution in [0.5, 0.6) is 11.5 Å². The van der Waals surface area contributed by atoms with Crippen molar-refractivity contribution in [1.29, 1.82) is 0 Å². The molecule has 1 heterocycles. The summed E-state index contributed by atoms with van der Waals surface area (Å²) >= 11 is 6.48. The zero-order chi connectivity index (χ0) is 19.6. The normalized spacial score (nSPS) is 15.3. The molecule has 1 saturated heterocycles. The summed E-state index contributed by atoms with van der Waals surface area (Å²) in [6.45, 7) is 0. The van der Waals surface area contributed by atoms with Crippen LogP contribution in [0.4, 0.5) is 5.69 Å². The Bertz CT molecular complexity index is 970. The Labute approximate surface area is 165 Å². The summed E-state index contributed by atoms with van der Waals surface area (Å²) in [5.41, 5.74) is 1.18. The molecular weight excluding hydrogens is 386 g/mol. The van der Waals surface area contributed by atoms with Crippen LogP contribution in [0.1, 0.15) is 15.9 Å². The number of para-hydroxylation sites is 1. The predicted octanol–water partition coefficient (Wildman–Crippen LogP) is 3.81. The fourth-order valence-corrected chi connectivity index (χ4v) is 3.93. The lowest BCUT2D eigenvalue weighted by Crippen LogP contribution is -2.27. The van der Waals surface area contributed by atoms with Crippen molar-refractivity contribution in [1.82, 2.24) is 0 Å². The zero-order valence-electron chi connectivity index (χ0n) is 14.5. The number of carboxylic acids is 1. The van der Waals surface area contributed by atoms with Gasteiger partial charge in [0.1, 0.15) is 0 Å². The molecule has 138 valence electrons. The average molecular weight is 401 g/mol. The van der Waals surface area contributed by atoms with E-state index >= 15 is 0 Å². The molecule has 1 amide bonds. The van der Waals surface area contributed by atoms with Gasteiger partial charge in [-0.05, 0) is 30.3 Å². The van der Waals surface area contributed by atoms with E-state index in [0.717, 1.165) is 11.8 Å². The van der Waals surface area contributed by atoms with Gasteiger partial charge < -0.3 is 14.6 Å². The number of carboxylic acid groups (broad SMARTS) is 1. The summed E-state index contributed by atoms with van der Waals surface area (Å²) in [5, 5.41) is 9.16. The average Bonchev–Trinajstić information content (AvgIpc) is 2.94. The summed E-state index contributed by atoms with van der Waals surface area (Å²) in [4.78, 5) is 25.8. The molecule has 6 nitrogen and oxygen atoms in total. The molecule has 2 aromatic rings. The van der Waals surface area contributed by atoms with Crippen molar-refractivity contribution in [3.63, 3.8) is 0 Å². The Kier molecular flexibility index (Phi) is 5.48. The highest BCUT2D eigenvalue weighted by Crippen LogP contribution is 2.39. The molecule has 0 saturated carbocycles. The van der Waals surface area contributed by atoms with Crippen molar-refractivity contribution in [3.05, 3.63) is 58.5 Å². The minimum atomic E-state index is -1.07. The van der Waals surface area contributed by atoms with Gasteiger partial charge in [0.05, 0.1) is 30.4 Å². The number of carbonyl (C=O) groups is 2. The summed E-state index contributed by atoms with van der Waals surface area (Å²) in [5.74, 6) is -0.328. The van der Waals surface area contributed by atoms with Crippen LogP contribution >= 0.6 is 24.0 Å². The predicted molar refractivity (Wildman–Crippen MR) is 109 cm³/mol. The molecule has 1 aliphatic rings. The number of hydrogen-bond acceptors (Lipinski definition) is 6. The van der Waals surface area contributed by atoms with E-state index in [9.17, 15) is 9.59 Å². The number of nitrogens with zero attached hydrogens (tertiary/aromatic N) is 1. The fraction of sp³-hybridized carbons (Fsp3) is 0.105. The molecule has 27 heavy (non-hydrogen) atoms. The van der Waals surface area contributed by atoms with Crippen LogP contribution in [0.25, 0.3) is 6.08 Å². The van der Waals surface area contributed by atoms with Crippen LogP contribution in [0.3, 0.4) is 0 Å². The molecule has 0 spiro atoms. The highest BCUT2D eigenvalue weighted by Gasteiger charge is 2.33. The molecule has 1 N–H and O–H groups in total. The fourth-order valence-electron chi connectivity index (χ4n) is 2.64. The molecule has 2 aromatic carbocycles. The minimum absolute atomic E-state index is 0.0833. The molecule has 1 aliphatic heterocycles. The number of carbonyl (C=O) groups excluding carboxylic acids is 1. The summed E-state index contributed by atoms with van der Waals surface area (Å²) in [6.07, 6.45) is 1.68. The van der Waals surface area contributed by atoms with Crippen LogP contribution in [-0.2, 0) is 4.79 Å². The van der Waals surface area contributed by atoms with Crippen LogP contribution in [-0.4, -0.2) is 35.5 Å². The van der Waals surface area contributed by atoms with Gasteiger partial charge in [-0.15, -0.1) is 0 Å². The monoisotopic (exact) mass is 401 g/mol.